The van der Waals surface area contributed by atoms with Gasteiger partial charge in [0.2, 0.25) is 0 Å². The van der Waals surface area contributed by atoms with Gasteiger partial charge in [0.15, 0.2) is 0 Å². The van der Waals surface area contributed by atoms with Crippen LogP contribution in [0.4, 0.5) is 0 Å². The fraction of sp³-hybridized carbons (Fsp3) is 0.909. The summed E-state index contributed by atoms with van der Waals surface area (Å²) >= 11 is 0. The molecule has 0 unspecified atom stereocenters. The Kier molecular flexibility index (Phi) is 3.43. The Bertz CT molecular complexity index is 532. The monoisotopic (exact) mass is 316 g/mol. The summed E-state index contributed by atoms with van der Waals surface area (Å²) in [4.78, 5) is 0. The third kappa shape index (κ3) is 2.08. The molecular formula is C22H36O. The first-order valence-corrected chi connectivity index (χ1v) is 10.0. The van der Waals surface area contributed by atoms with Gasteiger partial charge in [-0.15, -0.1) is 0 Å². The van der Waals surface area contributed by atoms with Gasteiger partial charge in [-0.1, -0.05) is 39.3 Å². The molecule has 0 aromatic carbocycles. The Balaban J connectivity index is 1.67. The molecule has 130 valence electrons. The number of fused-ring (bicyclic) bond motifs is 5. The van der Waals surface area contributed by atoms with Gasteiger partial charge in [-0.2, -0.15) is 0 Å². The standard InChI is InChI=1S/C22H36O/c1-14-8-10-21(4)15(12-14)6-7-16-17(21)9-11-22(5)18(16)13-20(2,3)19(22)23/h8,15-19,23H,6-7,9-13H2,1-5H3/t15-,16+,17-,18-,19-,21-,22-/m0/s1. The highest BCUT2D eigenvalue weighted by Gasteiger charge is 2.63. The van der Waals surface area contributed by atoms with E-state index in [4.69, 9.17) is 0 Å². The smallest absolute Gasteiger partial charge is 0.0647 e. The minimum absolute atomic E-state index is 0.106. The molecule has 4 aliphatic carbocycles. The lowest BCUT2D eigenvalue weighted by Gasteiger charge is -2.59. The topological polar surface area (TPSA) is 20.2 Å². The molecule has 4 rings (SSSR count). The summed E-state index contributed by atoms with van der Waals surface area (Å²) in [7, 11) is 0. The van der Waals surface area contributed by atoms with Crippen LogP contribution in [0.5, 0.6) is 0 Å². The lowest BCUT2D eigenvalue weighted by Crippen LogP contribution is -2.53. The van der Waals surface area contributed by atoms with Crippen LogP contribution in [0, 0.1) is 39.9 Å². The highest BCUT2D eigenvalue weighted by molar-refractivity contribution is 5.17. The van der Waals surface area contributed by atoms with Crippen molar-refractivity contribution >= 4 is 0 Å². The van der Waals surface area contributed by atoms with Gasteiger partial charge in [-0.05, 0) is 91.8 Å². The Labute approximate surface area is 142 Å². The zero-order valence-corrected chi connectivity index (χ0v) is 15.9. The van der Waals surface area contributed by atoms with Crippen LogP contribution in [0.3, 0.4) is 0 Å². The Morgan fingerprint density at radius 3 is 2.48 bits per heavy atom. The van der Waals surface area contributed by atoms with Crippen LogP contribution in [0.2, 0.25) is 0 Å². The van der Waals surface area contributed by atoms with E-state index in [1.54, 1.807) is 5.57 Å². The lowest BCUT2D eigenvalue weighted by molar-refractivity contribution is -0.113. The second kappa shape index (κ2) is 4.87. The molecule has 0 spiro atoms. The van der Waals surface area contributed by atoms with Gasteiger partial charge in [0.05, 0.1) is 6.10 Å². The second-order valence-electron chi connectivity index (χ2n) is 10.8. The Morgan fingerprint density at radius 2 is 1.74 bits per heavy atom. The minimum Gasteiger partial charge on any atom is -0.392 e. The predicted molar refractivity (Wildman–Crippen MR) is 96.0 cm³/mol. The summed E-state index contributed by atoms with van der Waals surface area (Å²) in [6.45, 7) is 12.0. The molecule has 0 heterocycles. The SMILES string of the molecule is CC1=CC[C@@]2(C)[C@@H](CC[C@@H]3[C@@H]2CC[C@@]2(C)[C@H]3CC(C)(C)[C@@H]2O)C1. The van der Waals surface area contributed by atoms with E-state index in [0.717, 1.165) is 23.7 Å². The van der Waals surface area contributed by atoms with Crippen molar-refractivity contribution in [3.8, 4) is 0 Å². The molecule has 3 fully saturated rings. The van der Waals surface area contributed by atoms with E-state index < -0.39 is 0 Å². The number of allylic oxidation sites excluding steroid dienone is 2. The van der Waals surface area contributed by atoms with E-state index in [0.29, 0.717) is 5.41 Å². The van der Waals surface area contributed by atoms with Gasteiger partial charge >= 0.3 is 0 Å². The molecule has 1 heteroatoms. The van der Waals surface area contributed by atoms with Crippen molar-refractivity contribution in [3.05, 3.63) is 11.6 Å². The van der Waals surface area contributed by atoms with E-state index in [2.05, 4.69) is 40.7 Å². The average Bonchev–Trinajstić information content (AvgIpc) is 2.68. The average molecular weight is 317 g/mol. The lowest BCUT2D eigenvalue weighted by atomic mass is 9.45. The molecule has 0 radical (unpaired) electrons. The molecule has 0 amide bonds. The summed E-state index contributed by atoms with van der Waals surface area (Å²) in [5, 5.41) is 11.0. The summed E-state index contributed by atoms with van der Waals surface area (Å²) in [6, 6.07) is 0. The van der Waals surface area contributed by atoms with E-state index >= 15 is 0 Å². The summed E-state index contributed by atoms with van der Waals surface area (Å²) in [5.74, 6) is 3.41. The van der Waals surface area contributed by atoms with Crippen LogP contribution in [0.25, 0.3) is 0 Å². The first kappa shape index (κ1) is 16.2. The number of hydrogen-bond acceptors (Lipinski definition) is 1. The maximum atomic E-state index is 11.0. The van der Waals surface area contributed by atoms with Crippen molar-refractivity contribution in [1.29, 1.82) is 0 Å². The van der Waals surface area contributed by atoms with Gasteiger partial charge < -0.3 is 5.11 Å². The molecule has 0 saturated heterocycles. The summed E-state index contributed by atoms with van der Waals surface area (Å²) in [5.41, 5.74) is 2.44. The molecule has 0 aromatic heterocycles. The third-order valence-electron chi connectivity index (χ3n) is 9.07. The zero-order chi connectivity index (χ0) is 16.6. The van der Waals surface area contributed by atoms with Crippen LogP contribution in [0.15, 0.2) is 11.6 Å². The summed E-state index contributed by atoms with van der Waals surface area (Å²) < 4.78 is 0. The molecule has 1 N–H and O–H groups in total. The molecule has 4 aliphatic rings. The second-order valence-corrected chi connectivity index (χ2v) is 10.8. The van der Waals surface area contributed by atoms with Crippen LogP contribution >= 0.6 is 0 Å². The van der Waals surface area contributed by atoms with Crippen molar-refractivity contribution in [2.45, 2.75) is 85.7 Å². The molecule has 7 atom stereocenters. The highest BCUT2D eigenvalue weighted by atomic mass is 16.3. The van der Waals surface area contributed by atoms with Crippen LogP contribution in [0.1, 0.15) is 79.6 Å². The number of aliphatic hydroxyl groups is 1. The maximum Gasteiger partial charge on any atom is 0.0647 e. The van der Waals surface area contributed by atoms with Gasteiger partial charge in [0, 0.05) is 0 Å². The molecule has 0 aromatic rings. The fourth-order valence-electron chi connectivity index (χ4n) is 7.70. The van der Waals surface area contributed by atoms with Gasteiger partial charge in [0.1, 0.15) is 0 Å². The highest BCUT2D eigenvalue weighted by Crippen LogP contribution is 2.68. The van der Waals surface area contributed by atoms with Crippen molar-refractivity contribution in [2.75, 3.05) is 0 Å². The number of hydrogen-bond donors (Lipinski definition) is 1. The van der Waals surface area contributed by atoms with E-state index in [1.807, 2.05) is 0 Å². The van der Waals surface area contributed by atoms with Crippen molar-refractivity contribution in [2.24, 2.45) is 39.9 Å². The fourth-order valence-corrected chi connectivity index (χ4v) is 7.70. The van der Waals surface area contributed by atoms with Gasteiger partial charge in [-0.3, -0.25) is 0 Å². The van der Waals surface area contributed by atoms with E-state index in [9.17, 15) is 5.11 Å². The molecular weight excluding hydrogens is 280 g/mol. The third-order valence-corrected chi connectivity index (χ3v) is 9.07. The zero-order valence-electron chi connectivity index (χ0n) is 15.9. The molecule has 23 heavy (non-hydrogen) atoms. The Hall–Kier alpha value is -0.300. The van der Waals surface area contributed by atoms with Crippen LogP contribution in [-0.4, -0.2) is 11.2 Å². The number of rotatable bonds is 0. The van der Waals surface area contributed by atoms with E-state index in [-0.39, 0.29) is 16.9 Å². The maximum absolute atomic E-state index is 11.0. The summed E-state index contributed by atoms with van der Waals surface area (Å²) in [6.07, 6.45) is 11.8. The predicted octanol–water partition coefficient (Wildman–Crippen LogP) is 5.58. The van der Waals surface area contributed by atoms with Crippen molar-refractivity contribution < 1.29 is 5.11 Å². The molecule has 1 nitrogen and oxygen atoms in total. The largest absolute Gasteiger partial charge is 0.392 e. The molecule has 3 saturated carbocycles. The van der Waals surface area contributed by atoms with E-state index in [1.165, 1.54) is 44.9 Å². The van der Waals surface area contributed by atoms with Crippen LogP contribution < -0.4 is 0 Å². The van der Waals surface area contributed by atoms with Crippen LogP contribution in [-0.2, 0) is 0 Å². The first-order chi connectivity index (χ1) is 10.7. The van der Waals surface area contributed by atoms with Crippen molar-refractivity contribution in [1.82, 2.24) is 0 Å². The molecule has 0 aliphatic heterocycles. The molecule has 0 bridgehead atoms. The first-order valence-electron chi connectivity index (χ1n) is 10.0. The quantitative estimate of drug-likeness (QED) is 0.578. The number of aliphatic hydroxyl groups excluding tert-OH is 1. The van der Waals surface area contributed by atoms with Crippen molar-refractivity contribution in [3.63, 3.8) is 0 Å². The van der Waals surface area contributed by atoms with Gasteiger partial charge in [-0.25, -0.2) is 0 Å². The normalized spacial score (nSPS) is 54.7. The van der Waals surface area contributed by atoms with Gasteiger partial charge in [0.25, 0.3) is 0 Å². The Morgan fingerprint density at radius 1 is 1.00 bits per heavy atom. The minimum atomic E-state index is -0.111.